The predicted octanol–water partition coefficient (Wildman–Crippen LogP) is 0.351. The van der Waals surface area contributed by atoms with Crippen LogP contribution in [0.5, 0.6) is 11.5 Å². The van der Waals surface area contributed by atoms with Crippen LogP contribution >= 0.6 is 0 Å². The van der Waals surface area contributed by atoms with E-state index < -0.39 is 6.10 Å². The summed E-state index contributed by atoms with van der Waals surface area (Å²) in [6.07, 6.45) is -0.670. The largest absolute Gasteiger partial charge is 0.504 e. The number of aliphatic hydroxyl groups is 1. The Morgan fingerprint density at radius 1 is 1.31 bits per heavy atom. The molecule has 4 N–H and O–H groups in total. The summed E-state index contributed by atoms with van der Waals surface area (Å²) < 4.78 is 0. The number of rotatable bonds is 3. The van der Waals surface area contributed by atoms with Gasteiger partial charge in [0.25, 0.3) is 0 Å². The second-order valence-corrected chi connectivity index (χ2v) is 2.82. The van der Waals surface area contributed by atoms with Crippen LogP contribution in [0.25, 0.3) is 0 Å². The summed E-state index contributed by atoms with van der Waals surface area (Å²) in [4.78, 5) is 0. The molecule has 1 aromatic rings. The minimum absolute atomic E-state index is 0.180. The van der Waals surface area contributed by atoms with Gasteiger partial charge < -0.3 is 20.6 Å². The first-order valence-corrected chi connectivity index (χ1v) is 3.99. The topological polar surface area (TPSA) is 72.7 Å². The first kappa shape index (κ1) is 9.83. The first-order valence-electron chi connectivity index (χ1n) is 3.99. The van der Waals surface area contributed by atoms with Crippen LogP contribution in [0, 0.1) is 0 Å². The monoisotopic (exact) mass is 182 g/mol. The normalized spacial score (nSPS) is 12.8. The lowest BCUT2D eigenvalue weighted by atomic mass is 10.1. The van der Waals surface area contributed by atoms with E-state index in [4.69, 9.17) is 10.2 Å². The van der Waals surface area contributed by atoms with Crippen molar-refractivity contribution in [3.8, 4) is 11.5 Å². The summed E-state index contributed by atoms with van der Waals surface area (Å²) in [5.41, 5.74) is 0.574. The molecule has 1 atom stereocenters. The average molecular weight is 182 g/mol. The molecule has 0 saturated heterocycles. The average Bonchev–Trinajstić information content (AvgIpc) is 2.10. The van der Waals surface area contributed by atoms with Crippen molar-refractivity contribution in [1.82, 2.24) is 5.32 Å². The Morgan fingerprint density at radius 3 is 2.54 bits per heavy atom. The number of phenols is 2. The first-order chi connectivity index (χ1) is 6.15. The maximum absolute atomic E-state index is 9.48. The van der Waals surface area contributed by atoms with Crippen LogP contribution < -0.4 is 5.32 Å². The van der Waals surface area contributed by atoms with Crippen molar-refractivity contribution in [3.63, 3.8) is 0 Å². The zero-order valence-electron chi connectivity index (χ0n) is 7.36. The summed E-state index contributed by atoms with van der Waals surface area (Å²) in [5.74, 6) is -0.395. The molecule has 4 heteroatoms. The Kier molecular flexibility index (Phi) is 3.11. The summed E-state index contributed by atoms with van der Waals surface area (Å²) in [5, 5.41) is 30.4. The molecule has 13 heavy (non-hydrogen) atoms. The Labute approximate surface area is 76.5 Å². The van der Waals surface area contributed by atoms with Crippen LogP contribution in [-0.4, -0.2) is 28.9 Å². The fourth-order valence-corrected chi connectivity index (χ4v) is 1.06. The number of aliphatic hydroxyl groups excluding tert-OH is 1. The van der Waals surface area contributed by atoms with E-state index in [0.717, 1.165) is 0 Å². The highest BCUT2D eigenvalue weighted by Crippen LogP contribution is 2.27. The van der Waals surface area contributed by atoms with E-state index in [-0.39, 0.29) is 11.5 Å². The number of nitrogens with one attached hydrogen (secondary N) is 1. The van der Waals surface area contributed by atoms with Crippen LogP contribution in [0.4, 0.5) is 0 Å². The van der Waals surface area contributed by atoms with Crippen molar-refractivity contribution in [2.45, 2.75) is 6.10 Å². The molecule has 0 spiro atoms. The molecule has 1 aromatic carbocycles. The van der Waals surface area contributed by atoms with Gasteiger partial charge in [0.15, 0.2) is 11.5 Å². The van der Waals surface area contributed by atoms with Gasteiger partial charge in [0, 0.05) is 6.54 Å². The molecule has 0 radical (unpaired) electrons. The van der Waals surface area contributed by atoms with Gasteiger partial charge in [-0.15, -0.1) is 0 Å². The van der Waals surface area contributed by atoms with E-state index in [1.165, 1.54) is 12.1 Å². The van der Waals surface area contributed by atoms with E-state index in [0.29, 0.717) is 12.1 Å². The number of likely N-dealkylation sites (N-methyl/N-ethyl adjacent to an activating group) is 1. The van der Waals surface area contributed by atoms with E-state index in [2.05, 4.69) is 5.32 Å². The van der Waals surface area contributed by atoms with Crippen LogP contribution in [0.15, 0.2) is 18.2 Å². The van der Waals surface area contributed by atoms with Crippen LogP contribution in [0.2, 0.25) is 0 Å². The van der Waals surface area contributed by atoms with E-state index >= 15 is 0 Å². The number of hydrogen-bond acceptors (Lipinski definition) is 4. The highest BCUT2D eigenvalue weighted by Gasteiger charge is 2.08. The highest BCUT2D eigenvalue weighted by atomic mass is 16.3. The van der Waals surface area contributed by atoms with Gasteiger partial charge in [-0.25, -0.2) is 0 Å². The molecule has 0 aromatic heterocycles. The minimum atomic E-state index is -0.670. The summed E-state index contributed by atoms with van der Waals surface area (Å²) in [7, 11) is 1.73. The Balaban J connectivity index is 2.84. The van der Waals surface area contributed by atoms with Crippen molar-refractivity contribution in [2.75, 3.05) is 13.6 Å². The van der Waals surface area contributed by atoms with Gasteiger partial charge in [0.1, 0.15) is 0 Å². The molecule has 0 fully saturated rings. The third kappa shape index (κ3) is 2.34. The number of phenolic OH excluding ortho intramolecular Hbond substituents is 2. The lowest BCUT2D eigenvalue weighted by Gasteiger charge is -2.10. The molecule has 0 amide bonds. The summed E-state index contributed by atoms with van der Waals surface area (Å²) in [6.45, 7) is 0.407. The molecule has 0 bridgehead atoms. The molecule has 0 unspecified atom stereocenters. The van der Waals surface area contributed by atoms with Crippen molar-refractivity contribution in [1.29, 1.82) is 0 Å². The predicted molar refractivity (Wildman–Crippen MR) is 48.7 cm³/mol. The van der Waals surface area contributed by atoms with Crippen molar-refractivity contribution < 1.29 is 15.3 Å². The van der Waals surface area contributed by atoms with Crippen molar-refractivity contribution in [2.24, 2.45) is 0 Å². The van der Waals surface area contributed by atoms with Crippen molar-refractivity contribution >= 4 is 0 Å². The molecule has 4 nitrogen and oxygen atoms in total. The van der Waals surface area contributed by atoms with Crippen molar-refractivity contribution in [3.05, 3.63) is 23.8 Å². The molecule has 0 aliphatic heterocycles. The van der Waals surface area contributed by atoms with Gasteiger partial charge in [-0.3, -0.25) is 0 Å². The fourth-order valence-electron chi connectivity index (χ4n) is 1.06. The lowest BCUT2D eigenvalue weighted by Crippen LogP contribution is -2.16. The molecule has 0 aliphatic carbocycles. The molecule has 1 rings (SSSR count). The lowest BCUT2D eigenvalue weighted by molar-refractivity contribution is 0.177. The zero-order valence-corrected chi connectivity index (χ0v) is 7.36. The van der Waals surface area contributed by atoms with Gasteiger partial charge in [-0.05, 0) is 24.7 Å². The van der Waals surface area contributed by atoms with Gasteiger partial charge in [0.2, 0.25) is 0 Å². The number of benzene rings is 1. The second kappa shape index (κ2) is 4.11. The smallest absolute Gasteiger partial charge is 0.157 e. The molecule has 0 aliphatic rings. The number of aromatic hydroxyl groups is 2. The van der Waals surface area contributed by atoms with Gasteiger partial charge in [-0.2, -0.15) is 0 Å². The maximum Gasteiger partial charge on any atom is 0.157 e. The molecule has 72 valence electrons. The summed E-state index contributed by atoms with van der Waals surface area (Å²) in [6, 6.07) is 4.26. The zero-order chi connectivity index (χ0) is 9.84. The van der Waals surface area contributed by atoms with Gasteiger partial charge >= 0.3 is 0 Å². The van der Waals surface area contributed by atoms with Crippen LogP contribution in [0.3, 0.4) is 0 Å². The van der Waals surface area contributed by atoms with Crippen LogP contribution in [-0.2, 0) is 0 Å². The molecule has 0 saturated carbocycles. The fraction of sp³-hybridized carbons (Fsp3) is 0.333. The molecular formula is C9H13NO3. The maximum atomic E-state index is 9.48. The van der Waals surface area contributed by atoms with Gasteiger partial charge in [-0.1, -0.05) is 6.07 Å². The van der Waals surface area contributed by atoms with Gasteiger partial charge in [0.05, 0.1) is 6.10 Å². The SMILES string of the molecule is [11CH3]NC[C@H](O)c1ccc(O)c(O)c1. The Hall–Kier alpha value is -1.26. The standard InChI is InChI=1S/C9H13NO3/c1-10-5-9(13)6-2-3-7(11)8(12)4-6/h2-4,9-13H,5H2,1H3/t9-/m0/s1/i1-1. The quantitative estimate of drug-likeness (QED) is 0.509. The van der Waals surface area contributed by atoms with E-state index in [1.807, 2.05) is 0 Å². The van der Waals surface area contributed by atoms with E-state index in [1.54, 1.807) is 13.1 Å². The minimum Gasteiger partial charge on any atom is -0.504 e. The summed E-state index contributed by atoms with van der Waals surface area (Å²) >= 11 is 0. The Morgan fingerprint density at radius 2 is 2.00 bits per heavy atom. The third-order valence-electron chi connectivity index (χ3n) is 1.78. The molecular weight excluding hydrogens is 169 g/mol. The van der Waals surface area contributed by atoms with E-state index in [9.17, 15) is 5.11 Å². The molecule has 0 heterocycles. The third-order valence-corrected chi connectivity index (χ3v) is 1.78. The van der Waals surface area contributed by atoms with Crippen LogP contribution in [0.1, 0.15) is 11.7 Å². The number of hydrogen-bond donors (Lipinski definition) is 4. The highest BCUT2D eigenvalue weighted by molar-refractivity contribution is 5.41. The Bertz CT molecular complexity index is 288. The second-order valence-electron chi connectivity index (χ2n) is 2.82.